The molecular weight excluding hydrogens is 382 g/mol. The summed E-state index contributed by atoms with van der Waals surface area (Å²) >= 11 is 0. The molecule has 1 N–H and O–H groups in total. The first kappa shape index (κ1) is 22.3. The van der Waals surface area contributed by atoms with Crippen LogP contribution < -0.4 is 5.32 Å². The van der Waals surface area contributed by atoms with Crippen molar-refractivity contribution in [2.45, 2.75) is 38.5 Å². The number of carbonyl (C=O) groups excluding carboxylic acids is 2. The van der Waals surface area contributed by atoms with Gasteiger partial charge >= 0.3 is 0 Å². The number of likely N-dealkylation sites (N-methyl/N-ethyl adjacent to an activating group) is 1. The van der Waals surface area contributed by atoms with Gasteiger partial charge in [0.1, 0.15) is 6.04 Å². The van der Waals surface area contributed by atoms with Gasteiger partial charge in [0.2, 0.25) is 21.8 Å². The molecule has 1 fully saturated rings. The van der Waals surface area contributed by atoms with Gasteiger partial charge in [-0.1, -0.05) is 30.3 Å². The van der Waals surface area contributed by atoms with Gasteiger partial charge in [0.25, 0.3) is 0 Å². The maximum atomic E-state index is 12.8. The van der Waals surface area contributed by atoms with Crippen LogP contribution in [0.4, 0.5) is 0 Å². The molecule has 9 heteroatoms. The van der Waals surface area contributed by atoms with E-state index in [0.717, 1.165) is 29.0 Å². The maximum Gasteiger partial charge on any atom is 0.242 e. The van der Waals surface area contributed by atoms with E-state index in [2.05, 4.69) is 5.32 Å². The molecule has 156 valence electrons. The molecule has 8 nitrogen and oxygen atoms in total. The van der Waals surface area contributed by atoms with E-state index in [1.54, 1.807) is 6.92 Å². The summed E-state index contributed by atoms with van der Waals surface area (Å²) in [5.74, 6) is -0.724. The molecule has 0 spiro atoms. The number of benzene rings is 1. The number of ether oxygens (including phenoxy) is 1. The minimum Gasteiger partial charge on any atom is -0.376 e. The summed E-state index contributed by atoms with van der Waals surface area (Å²) in [6.07, 6.45) is 2.93. The summed E-state index contributed by atoms with van der Waals surface area (Å²) in [7, 11) is -2.16. The number of nitrogens with one attached hydrogen (secondary N) is 1. The molecule has 2 atom stereocenters. The minimum atomic E-state index is -3.50. The summed E-state index contributed by atoms with van der Waals surface area (Å²) in [6.45, 7) is 2.64. The zero-order valence-electron chi connectivity index (χ0n) is 16.6. The minimum absolute atomic E-state index is 0.00536. The van der Waals surface area contributed by atoms with Crippen LogP contribution in [0, 0.1) is 0 Å². The number of amides is 2. The normalized spacial score (nSPS) is 18.1. The Labute approximate surface area is 166 Å². The Kier molecular flexibility index (Phi) is 7.97. The summed E-state index contributed by atoms with van der Waals surface area (Å²) in [5, 5.41) is 2.84. The van der Waals surface area contributed by atoms with Gasteiger partial charge in [-0.2, -0.15) is 4.31 Å². The maximum absolute atomic E-state index is 12.8. The van der Waals surface area contributed by atoms with Crippen LogP contribution in [0.2, 0.25) is 0 Å². The van der Waals surface area contributed by atoms with Crippen LogP contribution >= 0.6 is 0 Å². The summed E-state index contributed by atoms with van der Waals surface area (Å²) < 4.78 is 29.8. The number of hydrogen-bond acceptors (Lipinski definition) is 5. The van der Waals surface area contributed by atoms with Crippen LogP contribution in [0.25, 0.3) is 0 Å². The van der Waals surface area contributed by atoms with Gasteiger partial charge in [-0.15, -0.1) is 0 Å². The summed E-state index contributed by atoms with van der Waals surface area (Å²) in [6, 6.07) is 8.54. The molecule has 1 aliphatic rings. The summed E-state index contributed by atoms with van der Waals surface area (Å²) in [4.78, 5) is 26.9. The van der Waals surface area contributed by atoms with Gasteiger partial charge < -0.3 is 15.0 Å². The van der Waals surface area contributed by atoms with Gasteiger partial charge in [-0.3, -0.25) is 9.59 Å². The first-order valence-electron chi connectivity index (χ1n) is 9.32. The second-order valence-corrected chi connectivity index (χ2v) is 9.17. The predicted molar refractivity (Wildman–Crippen MR) is 106 cm³/mol. The van der Waals surface area contributed by atoms with Gasteiger partial charge in [0.05, 0.1) is 18.9 Å². The largest absolute Gasteiger partial charge is 0.376 e. The predicted octanol–water partition coefficient (Wildman–Crippen LogP) is 0.590. The van der Waals surface area contributed by atoms with Crippen LogP contribution in [-0.2, 0) is 30.9 Å². The fourth-order valence-electron chi connectivity index (χ4n) is 2.93. The molecule has 0 aromatic heterocycles. The van der Waals surface area contributed by atoms with Crippen molar-refractivity contribution in [3.05, 3.63) is 35.9 Å². The molecule has 2 rings (SSSR count). The second-order valence-electron chi connectivity index (χ2n) is 7.08. The van der Waals surface area contributed by atoms with Crippen LogP contribution in [0.15, 0.2) is 30.3 Å². The number of carbonyl (C=O) groups is 2. The van der Waals surface area contributed by atoms with Gasteiger partial charge in [-0.25, -0.2) is 8.42 Å². The van der Waals surface area contributed by atoms with E-state index in [-0.39, 0.29) is 25.1 Å². The van der Waals surface area contributed by atoms with Crippen LogP contribution in [-0.4, -0.2) is 74.6 Å². The van der Waals surface area contributed by atoms with Crippen molar-refractivity contribution in [2.24, 2.45) is 0 Å². The molecule has 1 saturated heterocycles. The van der Waals surface area contributed by atoms with E-state index in [9.17, 15) is 18.0 Å². The lowest BCUT2D eigenvalue weighted by molar-refractivity contribution is -0.140. The Morgan fingerprint density at radius 2 is 1.96 bits per heavy atom. The highest BCUT2D eigenvalue weighted by Crippen LogP contribution is 2.13. The number of sulfonamides is 1. The van der Waals surface area contributed by atoms with Gasteiger partial charge in [0.15, 0.2) is 0 Å². The third kappa shape index (κ3) is 6.57. The van der Waals surface area contributed by atoms with E-state index in [0.29, 0.717) is 13.2 Å². The molecule has 2 unspecified atom stereocenters. The highest BCUT2D eigenvalue weighted by atomic mass is 32.2. The van der Waals surface area contributed by atoms with Gasteiger partial charge in [0, 0.05) is 26.7 Å². The highest BCUT2D eigenvalue weighted by Gasteiger charge is 2.29. The number of rotatable bonds is 9. The summed E-state index contributed by atoms with van der Waals surface area (Å²) in [5.41, 5.74) is 0.858. The van der Waals surface area contributed by atoms with Crippen molar-refractivity contribution in [1.82, 2.24) is 14.5 Å². The Bertz CT molecular complexity index is 763. The molecule has 28 heavy (non-hydrogen) atoms. The standard InChI is InChI=1S/C19H29N3O5S/c1-15(19(24)20-12-17-10-7-11-27-17)22(13-16-8-5-4-6-9-16)18(23)14-21(2)28(3,25)26/h4-6,8-9,15,17H,7,10-14H2,1-3H3,(H,20,24). The Morgan fingerprint density at radius 3 is 2.54 bits per heavy atom. The topological polar surface area (TPSA) is 96.0 Å². The molecule has 0 aliphatic carbocycles. The van der Waals surface area contributed by atoms with Crippen LogP contribution in [0.1, 0.15) is 25.3 Å². The number of nitrogens with zero attached hydrogens (tertiary/aromatic N) is 2. The molecule has 1 aromatic carbocycles. The molecule has 0 saturated carbocycles. The van der Waals surface area contributed by atoms with E-state index >= 15 is 0 Å². The first-order valence-corrected chi connectivity index (χ1v) is 11.2. The van der Waals surface area contributed by atoms with E-state index < -0.39 is 22.0 Å². The Hall–Kier alpha value is -1.97. The fraction of sp³-hybridized carbons (Fsp3) is 0.579. The molecule has 1 aromatic rings. The van der Waals surface area contributed by atoms with E-state index in [4.69, 9.17) is 4.74 Å². The number of hydrogen-bond donors (Lipinski definition) is 1. The molecule has 1 aliphatic heterocycles. The molecular formula is C19H29N3O5S. The van der Waals surface area contributed by atoms with Gasteiger partial charge in [-0.05, 0) is 25.3 Å². The zero-order valence-corrected chi connectivity index (χ0v) is 17.4. The van der Waals surface area contributed by atoms with Crippen molar-refractivity contribution < 1.29 is 22.7 Å². The monoisotopic (exact) mass is 411 g/mol. The molecule has 0 bridgehead atoms. The third-order valence-electron chi connectivity index (χ3n) is 4.82. The van der Waals surface area contributed by atoms with Crippen molar-refractivity contribution in [3.63, 3.8) is 0 Å². The first-order chi connectivity index (χ1) is 13.2. The van der Waals surface area contributed by atoms with Crippen LogP contribution in [0.5, 0.6) is 0 Å². The second kappa shape index (κ2) is 9.99. The quantitative estimate of drug-likeness (QED) is 0.642. The van der Waals surface area contributed by atoms with Crippen molar-refractivity contribution in [2.75, 3.05) is 33.0 Å². The van der Waals surface area contributed by atoms with E-state index in [1.165, 1.54) is 11.9 Å². The Balaban J connectivity index is 2.09. The fourth-order valence-corrected chi connectivity index (χ4v) is 3.27. The average Bonchev–Trinajstić information content (AvgIpc) is 3.17. The third-order valence-corrected chi connectivity index (χ3v) is 6.08. The highest BCUT2D eigenvalue weighted by molar-refractivity contribution is 7.88. The lowest BCUT2D eigenvalue weighted by Crippen LogP contribution is -2.51. The molecule has 0 radical (unpaired) electrons. The molecule has 1 heterocycles. The van der Waals surface area contributed by atoms with E-state index in [1.807, 2.05) is 30.3 Å². The SMILES string of the molecule is CC(C(=O)NCC1CCCO1)N(Cc1ccccc1)C(=O)CN(C)S(C)(=O)=O. The smallest absolute Gasteiger partial charge is 0.242 e. The zero-order chi connectivity index (χ0) is 20.7. The average molecular weight is 412 g/mol. The lowest BCUT2D eigenvalue weighted by Gasteiger charge is -2.30. The molecule has 2 amide bonds. The van der Waals surface area contributed by atoms with Crippen molar-refractivity contribution in [3.8, 4) is 0 Å². The lowest BCUT2D eigenvalue weighted by atomic mass is 10.1. The Morgan fingerprint density at radius 1 is 1.29 bits per heavy atom. The van der Waals surface area contributed by atoms with Crippen molar-refractivity contribution >= 4 is 21.8 Å². The van der Waals surface area contributed by atoms with Crippen LogP contribution in [0.3, 0.4) is 0 Å². The van der Waals surface area contributed by atoms with Crippen molar-refractivity contribution in [1.29, 1.82) is 0 Å².